The number of hydrogen-bond donors (Lipinski definition) is 0. The monoisotopic (exact) mass is 318 g/mol. The SMILES string of the molecule is CCC1SC(=NS(=O)(=O)c2cccs2)N(CC)C1=O. The first-order valence-electron chi connectivity index (χ1n) is 5.86. The Kier molecular flexibility index (Phi) is 4.32. The quantitative estimate of drug-likeness (QED) is 0.853. The Hall–Kier alpha value is -0.860. The van der Waals surface area contributed by atoms with E-state index in [2.05, 4.69) is 4.40 Å². The molecule has 2 rings (SSSR count). The summed E-state index contributed by atoms with van der Waals surface area (Å²) in [5, 5.41) is 1.75. The molecule has 1 aromatic heterocycles. The molecule has 5 nitrogen and oxygen atoms in total. The zero-order valence-corrected chi connectivity index (χ0v) is 13.0. The van der Waals surface area contributed by atoms with Gasteiger partial charge in [-0.1, -0.05) is 24.8 Å². The lowest BCUT2D eigenvalue weighted by Crippen LogP contribution is -2.32. The largest absolute Gasteiger partial charge is 0.294 e. The van der Waals surface area contributed by atoms with E-state index in [9.17, 15) is 13.2 Å². The molecule has 8 heteroatoms. The summed E-state index contributed by atoms with van der Waals surface area (Å²) >= 11 is 2.35. The molecular weight excluding hydrogens is 304 g/mol. The fourth-order valence-electron chi connectivity index (χ4n) is 1.69. The third kappa shape index (κ3) is 2.85. The third-order valence-electron chi connectivity index (χ3n) is 2.65. The summed E-state index contributed by atoms with van der Waals surface area (Å²) in [6.45, 7) is 4.14. The predicted molar refractivity (Wildman–Crippen MR) is 78.0 cm³/mol. The number of hydrogen-bond acceptors (Lipinski definition) is 5. The van der Waals surface area contributed by atoms with Crippen LogP contribution in [0.2, 0.25) is 0 Å². The molecule has 0 aliphatic carbocycles. The average molecular weight is 318 g/mol. The molecule has 1 saturated heterocycles. The number of rotatable bonds is 4. The van der Waals surface area contributed by atoms with Gasteiger partial charge >= 0.3 is 0 Å². The molecule has 1 unspecified atom stereocenters. The molecule has 0 radical (unpaired) electrons. The van der Waals surface area contributed by atoms with Crippen molar-refractivity contribution in [1.29, 1.82) is 0 Å². The first kappa shape index (κ1) is 14.5. The van der Waals surface area contributed by atoms with E-state index in [1.807, 2.05) is 13.8 Å². The van der Waals surface area contributed by atoms with E-state index in [4.69, 9.17) is 0 Å². The van der Waals surface area contributed by atoms with Gasteiger partial charge in [0.15, 0.2) is 5.17 Å². The molecule has 1 aliphatic heterocycles. The molecule has 0 spiro atoms. The van der Waals surface area contributed by atoms with Crippen molar-refractivity contribution >= 4 is 44.2 Å². The van der Waals surface area contributed by atoms with Crippen LogP contribution in [0, 0.1) is 0 Å². The second kappa shape index (κ2) is 5.64. The first-order valence-corrected chi connectivity index (χ1v) is 9.06. The van der Waals surface area contributed by atoms with Gasteiger partial charge in [0.05, 0.1) is 5.25 Å². The molecule has 1 fully saturated rings. The second-order valence-electron chi connectivity index (χ2n) is 3.88. The number of thioether (sulfide) groups is 1. The average Bonchev–Trinajstić information content (AvgIpc) is 2.97. The van der Waals surface area contributed by atoms with Crippen LogP contribution in [0.4, 0.5) is 0 Å². The minimum Gasteiger partial charge on any atom is -0.290 e. The van der Waals surface area contributed by atoms with Crippen LogP contribution in [0.15, 0.2) is 26.1 Å². The summed E-state index contributed by atoms with van der Waals surface area (Å²) in [5.41, 5.74) is 0. The van der Waals surface area contributed by atoms with Crippen molar-refractivity contribution in [3.8, 4) is 0 Å². The minimum absolute atomic E-state index is 0.0601. The zero-order chi connectivity index (χ0) is 14.0. The van der Waals surface area contributed by atoms with Crippen LogP contribution in [-0.2, 0) is 14.8 Å². The summed E-state index contributed by atoms with van der Waals surface area (Å²) in [7, 11) is -3.71. The van der Waals surface area contributed by atoms with Gasteiger partial charge in [0, 0.05) is 6.54 Å². The second-order valence-corrected chi connectivity index (χ2v) is 7.83. The van der Waals surface area contributed by atoms with Gasteiger partial charge < -0.3 is 0 Å². The highest BCUT2D eigenvalue weighted by Crippen LogP contribution is 2.31. The number of nitrogens with zero attached hydrogens (tertiary/aromatic N) is 2. The van der Waals surface area contributed by atoms with Crippen LogP contribution < -0.4 is 0 Å². The number of sulfonamides is 1. The van der Waals surface area contributed by atoms with Gasteiger partial charge in [-0.15, -0.1) is 15.7 Å². The van der Waals surface area contributed by atoms with Gasteiger partial charge in [0.2, 0.25) is 5.91 Å². The normalized spacial score (nSPS) is 22.4. The lowest BCUT2D eigenvalue weighted by molar-refractivity contribution is -0.126. The van der Waals surface area contributed by atoms with E-state index in [-0.39, 0.29) is 20.5 Å². The summed E-state index contributed by atoms with van der Waals surface area (Å²) in [4.78, 5) is 13.4. The van der Waals surface area contributed by atoms with Crippen LogP contribution in [0.3, 0.4) is 0 Å². The van der Waals surface area contributed by atoms with Crippen LogP contribution in [0.25, 0.3) is 0 Å². The number of carbonyl (C=O) groups excluding carboxylic acids is 1. The maximum Gasteiger partial charge on any atom is 0.294 e. The first-order chi connectivity index (χ1) is 8.99. The fourth-order valence-corrected chi connectivity index (χ4v) is 5.01. The van der Waals surface area contributed by atoms with Gasteiger partial charge in [-0.2, -0.15) is 8.42 Å². The minimum atomic E-state index is -3.71. The zero-order valence-electron chi connectivity index (χ0n) is 10.6. The molecule has 1 amide bonds. The van der Waals surface area contributed by atoms with Crippen LogP contribution in [-0.4, -0.2) is 36.2 Å². The lowest BCUT2D eigenvalue weighted by atomic mass is 10.3. The van der Waals surface area contributed by atoms with E-state index < -0.39 is 10.0 Å². The van der Waals surface area contributed by atoms with Gasteiger partial charge in [-0.3, -0.25) is 9.69 Å². The number of amidine groups is 1. The van der Waals surface area contributed by atoms with E-state index in [0.717, 1.165) is 11.3 Å². The molecular formula is C11H14N2O3S3. The Balaban J connectivity index is 2.36. The van der Waals surface area contributed by atoms with Crippen molar-refractivity contribution < 1.29 is 13.2 Å². The Morgan fingerprint density at radius 3 is 2.68 bits per heavy atom. The standard InChI is InChI=1S/C11H14N2O3S3/c1-3-8-10(14)13(4-2)11(18-8)12-19(15,16)9-6-5-7-17-9/h5-8H,3-4H2,1-2H3. The maximum atomic E-state index is 12.1. The Labute approximate surface area is 120 Å². The lowest BCUT2D eigenvalue weighted by Gasteiger charge is -2.12. The van der Waals surface area contributed by atoms with Crippen molar-refractivity contribution in [3.63, 3.8) is 0 Å². The predicted octanol–water partition coefficient (Wildman–Crippen LogP) is 2.17. The highest BCUT2D eigenvalue weighted by Gasteiger charge is 2.37. The molecule has 19 heavy (non-hydrogen) atoms. The molecule has 0 aromatic carbocycles. The van der Waals surface area contributed by atoms with E-state index >= 15 is 0 Å². The molecule has 104 valence electrons. The van der Waals surface area contributed by atoms with Crippen molar-refractivity contribution in [2.45, 2.75) is 29.7 Å². The van der Waals surface area contributed by atoms with Crippen LogP contribution >= 0.6 is 23.1 Å². The highest BCUT2D eigenvalue weighted by molar-refractivity contribution is 8.16. The molecule has 2 heterocycles. The van der Waals surface area contributed by atoms with Crippen molar-refractivity contribution in [3.05, 3.63) is 17.5 Å². The van der Waals surface area contributed by atoms with Crippen molar-refractivity contribution in [2.24, 2.45) is 4.40 Å². The highest BCUT2D eigenvalue weighted by atomic mass is 32.2. The topological polar surface area (TPSA) is 66.8 Å². The van der Waals surface area contributed by atoms with Crippen molar-refractivity contribution in [1.82, 2.24) is 4.90 Å². The van der Waals surface area contributed by atoms with Gasteiger partial charge in [-0.25, -0.2) is 0 Å². The molecule has 1 atom stereocenters. The number of thiophene rings is 1. The van der Waals surface area contributed by atoms with Gasteiger partial charge in [0.1, 0.15) is 4.21 Å². The summed E-state index contributed by atoms with van der Waals surface area (Å²) in [6.07, 6.45) is 0.665. The summed E-state index contributed by atoms with van der Waals surface area (Å²) in [5.74, 6) is -0.0601. The third-order valence-corrected chi connectivity index (χ3v) is 6.75. The van der Waals surface area contributed by atoms with Gasteiger partial charge in [-0.05, 0) is 24.8 Å². The molecule has 0 bridgehead atoms. The van der Waals surface area contributed by atoms with Crippen LogP contribution in [0.5, 0.6) is 0 Å². The summed E-state index contributed by atoms with van der Waals surface area (Å²) < 4.78 is 28.2. The van der Waals surface area contributed by atoms with E-state index in [1.54, 1.807) is 11.4 Å². The van der Waals surface area contributed by atoms with Gasteiger partial charge in [0.25, 0.3) is 10.0 Å². The van der Waals surface area contributed by atoms with E-state index in [1.165, 1.54) is 22.7 Å². The number of amides is 1. The molecule has 1 aromatic rings. The maximum absolute atomic E-state index is 12.1. The molecule has 0 N–H and O–H groups in total. The van der Waals surface area contributed by atoms with Crippen molar-refractivity contribution in [2.75, 3.05) is 6.54 Å². The molecule has 1 aliphatic rings. The van der Waals surface area contributed by atoms with Crippen LogP contribution in [0.1, 0.15) is 20.3 Å². The smallest absolute Gasteiger partial charge is 0.290 e. The Morgan fingerprint density at radius 2 is 2.16 bits per heavy atom. The Morgan fingerprint density at radius 1 is 1.42 bits per heavy atom. The fraction of sp³-hybridized carbons (Fsp3) is 0.455. The molecule has 0 saturated carbocycles. The number of carbonyl (C=O) groups is 1. The Bertz CT molecular complexity index is 593. The van der Waals surface area contributed by atoms with E-state index in [0.29, 0.717) is 13.0 Å². The summed E-state index contributed by atoms with van der Waals surface area (Å²) in [6, 6.07) is 3.18.